The number of rotatable bonds is 6. The summed E-state index contributed by atoms with van der Waals surface area (Å²) in [6, 6.07) is 0.0387. The van der Waals surface area contributed by atoms with Crippen LogP contribution in [0.1, 0.15) is 36.5 Å². The number of amides is 1. The molecule has 102 valence electrons. The van der Waals surface area contributed by atoms with Gasteiger partial charge in [-0.05, 0) is 19.8 Å². The molecule has 1 rings (SSSR count). The molecule has 1 heterocycles. The van der Waals surface area contributed by atoms with Gasteiger partial charge in [0.1, 0.15) is 5.69 Å². The molecule has 1 amide bonds. The SMILES string of the molecule is CCc1nn(C)c(C(=O)NC(C)CCOC)c1N. The number of hydrogen-bond acceptors (Lipinski definition) is 4. The van der Waals surface area contributed by atoms with Crippen molar-refractivity contribution in [3.63, 3.8) is 0 Å². The standard InChI is InChI=1S/C12H22N4O2/c1-5-9-10(13)11(16(3)15-9)12(17)14-8(2)6-7-18-4/h8H,5-7,13H2,1-4H3,(H,14,17). The van der Waals surface area contributed by atoms with Crippen LogP contribution >= 0.6 is 0 Å². The summed E-state index contributed by atoms with van der Waals surface area (Å²) < 4.78 is 6.51. The number of nitrogen functional groups attached to an aromatic ring is 1. The summed E-state index contributed by atoms with van der Waals surface area (Å²) in [4.78, 5) is 12.1. The lowest BCUT2D eigenvalue weighted by Crippen LogP contribution is -2.34. The fourth-order valence-electron chi connectivity index (χ4n) is 1.79. The van der Waals surface area contributed by atoms with Gasteiger partial charge in [0.15, 0.2) is 0 Å². The summed E-state index contributed by atoms with van der Waals surface area (Å²) in [5, 5.41) is 7.12. The van der Waals surface area contributed by atoms with Crippen molar-refractivity contribution in [2.45, 2.75) is 32.7 Å². The van der Waals surface area contributed by atoms with E-state index >= 15 is 0 Å². The number of nitrogens with one attached hydrogen (secondary N) is 1. The van der Waals surface area contributed by atoms with E-state index < -0.39 is 0 Å². The number of aromatic nitrogens is 2. The predicted octanol–water partition coefficient (Wildman–Crippen LogP) is 0.719. The van der Waals surface area contributed by atoms with Gasteiger partial charge in [0, 0.05) is 26.8 Å². The Hall–Kier alpha value is -1.56. The molecule has 0 aliphatic carbocycles. The van der Waals surface area contributed by atoms with Crippen molar-refractivity contribution in [2.24, 2.45) is 7.05 Å². The van der Waals surface area contributed by atoms with Gasteiger partial charge in [0.25, 0.3) is 5.91 Å². The largest absolute Gasteiger partial charge is 0.395 e. The van der Waals surface area contributed by atoms with E-state index in [9.17, 15) is 4.79 Å². The molecule has 0 aliphatic rings. The van der Waals surface area contributed by atoms with Crippen molar-refractivity contribution >= 4 is 11.6 Å². The van der Waals surface area contributed by atoms with E-state index in [1.54, 1.807) is 14.2 Å². The van der Waals surface area contributed by atoms with Crippen LogP contribution in [0.2, 0.25) is 0 Å². The molecule has 0 saturated carbocycles. The molecular weight excluding hydrogens is 232 g/mol. The highest BCUT2D eigenvalue weighted by Gasteiger charge is 2.20. The number of aryl methyl sites for hydroxylation is 2. The number of ether oxygens (including phenoxy) is 1. The van der Waals surface area contributed by atoms with E-state index in [0.717, 1.165) is 12.1 Å². The third-order valence-electron chi connectivity index (χ3n) is 2.84. The molecule has 0 bridgehead atoms. The van der Waals surface area contributed by atoms with Gasteiger partial charge in [-0.1, -0.05) is 6.92 Å². The van der Waals surface area contributed by atoms with E-state index in [1.807, 2.05) is 13.8 Å². The highest BCUT2D eigenvalue weighted by molar-refractivity contribution is 5.98. The minimum Gasteiger partial charge on any atom is -0.395 e. The molecule has 3 N–H and O–H groups in total. The van der Waals surface area contributed by atoms with Crippen molar-refractivity contribution in [3.8, 4) is 0 Å². The quantitative estimate of drug-likeness (QED) is 0.783. The Labute approximate surface area is 107 Å². The van der Waals surface area contributed by atoms with Crippen LogP contribution in [0.15, 0.2) is 0 Å². The van der Waals surface area contributed by atoms with Gasteiger partial charge in [-0.25, -0.2) is 0 Å². The molecule has 6 heteroatoms. The second-order valence-corrected chi connectivity index (χ2v) is 4.34. The van der Waals surface area contributed by atoms with E-state index in [-0.39, 0.29) is 11.9 Å². The molecule has 1 atom stereocenters. The van der Waals surface area contributed by atoms with E-state index in [1.165, 1.54) is 4.68 Å². The second kappa shape index (κ2) is 6.39. The van der Waals surface area contributed by atoms with Gasteiger partial charge in [-0.2, -0.15) is 5.10 Å². The smallest absolute Gasteiger partial charge is 0.271 e. The summed E-state index contributed by atoms with van der Waals surface area (Å²) in [6.45, 7) is 4.51. The maximum Gasteiger partial charge on any atom is 0.271 e. The Morgan fingerprint density at radius 3 is 2.78 bits per heavy atom. The summed E-state index contributed by atoms with van der Waals surface area (Å²) in [5.41, 5.74) is 7.58. The maximum absolute atomic E-state index is 12.1. The number of carbonyl (C=O) groups is 1. The summed E-state index contributed by atoms with van der Waals surface area (Å²) in [7, 11) is 3.37. The lowest BCUT2D eigenvalue weighted by atomic mass is 10.2. The van der Waals surface area contributed by atoms with Crippen LogP contribution in [-0.4, -0.2) is 35.4 Å². The van der Waals surface area contributed by atoms with E-state index in [0.29, 0.717) is 24.4 Å². The molecule has 6 nitrogen and oxygen atoms in total. The summed E-state index contributed by atoms with van der Waals surface area (Å²) in [6.07, 6.45) is 1.48. The molecule has 0 aliphatic heterocycles. The molecule has 1 aromatic rings. The number of nitrogens with zero attached hydrogens (tertiary/aromatic N) is 2. The van der Waals surface area contributed by atoms with Gasteiger partial charge in [0.2, 0.25) is 0 Å². The van der Waals surface area contributed by atoms with Gasteiger partial charge in [-0.15, -0.1) is 0 Å². The van der Waals surface area contributed by atoms with Crippen LogP contribution in [0.25, 0.3) is 0 Å². The lowest BCUT2D eigenvalue weighted by molar-refractivity contribution is 0.0921. The first-order valence-corrected chi connectivity index (χ1v) is 6.12. The molecular formula is C12H22N4O2. The highest BCUT2D eigenvalue weighted by atomic mass is 16.5. The Balaban J connectivity index is 2.75. The molecule has 0 fully saturated rings. The molecule has 0 spiro atoms. The van der Waals surface area contributed by atoms with Crippen molar-refractivity contribution in [1.29, 1.82) is 0 Å². The lowest BCUT2D eigenvalue weighted by Gasteiger charge is -2.13. The van der Waals surface area contributed by atoms with Crippen LogP contribution in [-0.2, 0) is 18.2 Å². The highest BCUT2D eigenvalue weighted by Crippen LogP contribution is 2.16. The minimum absolute atomic E-state index is 0.0387. The first kappa shape index (κ1) is 14.5. The monoisotopic (exact) mass is 254 g/mol. The Morgan fingerprint density at radius 2 is 2.28 bits per heavy atom. The van der Waals surface area contributed by atoms with Gasteiger partial charge in [-0.3, -0.25) is 9.48 Å². The summed E-state index contributed by atoms with van der Waals surface area (Å²) in [5.74, 6) is -0.189. The van der Waals surface area contributed by atoms with Crippen molar-refractivity contribution in [3.05, 3.63) is 11.4 Å². The maximum atomic E-state index is 12.1. The van der Waals surface area contributed by atoms with Gasteiger partial charge in [0.05, 0.1) is 11.4 Å². The van der Waals surface area contributed by atoms with Crippen LogP contribution in [0.4, 0.5) is 5.69 Å². The molecule has 0 aromatic carbocycles. The molecule has 0 radical (unpaired) electrons. The van der Waals surface area contributed by atoms with Crippen LogP contribution < -0.4 is 11.1 Å². The average Bonchev–Trinajstić information content (AvgIpc) is 2.61. The van der Waals surface area contributed by atoms with Gasteiger partial charge >= 0.3 is 0 Å². The third kappa shape index (κ3) is 3.22. The molecule has 1 unspecified atom stereocenters. The fourth-order valence-corrected chi connectivity index (χ4v) is 1.79. The van der Waals surface area contributed by atoms with Crippen LogP contribution in [0.5, 0.6) is 0 Å². The topological polar surface area (TPSA) is 82.2 Å². The van der Waals surface area contributed by atoms with Crippen LogP contribution in [0, 0.1) is 0 Å². The zero-order chi connectivity index (χ0) is 13.7. The summed E-state index contributed by atoms with van der Waals surface area (Å²) >= 11 is 0. The Morgan fingerprint density at radius 1 is 1.61 bits per heavy atom. The fraction of sp³-hybridized carbons (Fsp3) is 0.667. The normalized spacial score (nSPS) is 12.4. The predicted molar refractivity (Wildman–Crippen MR) is 70.4 cm³/mol. The Kier molecular flexibility index (Phi) is 5.15. The number of methoxy groups -OCH3 is 1. The van der Waals surface area contributed by atoms with E-state index in [2.05, 4.69) is 10.4 Å². The average molecular weight is 254 g/mol. The second-order valence-electron chi connectivity index (χ2n) is 4.34. The minimum atomic E-state index is -0.189. The molecule has 0 saturated heterocycles. The van der Waals surface area contributed by atoms with E-state index in [4.69, 9.17) is 10.5 Å². The van der Waals surface area contributed by atoms with Crippen LogP contribution in [0.3, 0.4) is 0 Å². The number of anilines is 1. The Bertz CT molecular complexity index is 414. The van der Waals surface area contributed by atoms with Gasteiger partial charge < -0.3 is 15.8 Å². The number of nitrogens with two attached hydrogens (primary N) is 1. The zero-order valence-corrected chi connectivity index (χ0v) is 11.5. The number of hydrogen-bond donors (Lipinski definition) is 2. The molecule has 1 aromatic heterocycles. The van der Waals surface area contributed by atoms with Crippen molar-refractivity contribution in [1.82, 2.24) is 15.1 Å². The first-order chi connectivity index (χ1) is 8.51. The third-order valence-corrected chi connectivity index (χ3v) is 2.84. The number of carbonyl (C=O) groups excluding carboxylic acids is 1. The first-order valence-electron chi connectivity index (χ1n) is 6.12. The zero-order valence-electron chi connectivity index (χ0n) is 11.5. The van der Waals surface area contributed by atoms with Crippen molar-refractivity contribution < 1.29 is 9.53 Å². The van der Waals surface area contributed by atoms with Crippen molar-refractivity contribution in [2.75, 3.05) is 19.5 Å². The molecule has 18 heavy (non-hydrogen) atoms.